The van der Waals surface area contributed by atoms with E-state index in [1.165, 1.54) is 9.58 Å². The summed E-state index contributed by atoms with van der Waals surface area (Å²) in [6, 6.07) is 5.18. The van der Waals surface area contributed by atoms with E-state index >= 15 is 0 Å². The Bertz CT molecular complexity index is 791. The van der Waals surface area contributed by atoms with Crippen molar-refractivity contribution in [3.05, 3.63) is 49.2 Å². The first-order chi connectivity index (χ1) is 10.7. The Morgan fingerprint density at radius 3 is 2.65 bits per heavy atom. The van der Waals surface area contributed by atoms with E-state index in [2.05, 4.69) is 21.0 Å². The maximum atomic E-state index is 12.4. The molecule has 0 atom stereocenters. The highest BCUT2D eigenvalue weighted by Crippen LogP contribution is 2.29. The summed E-state index contributed by atoms with van der Waals surface area (Å²) in [5, 5.41) is 15.5. The van der Waals surface area contributed by atoms with Gasteiger partial charge in [0, 0.05) is 11.5 Å². The molecule has 0 aliphatic heterocycles. The monoisotopic (exact) mass is 400 g/mol. The van der Waals surface area contributed by atoms with Gasteiger partial charge >= 0.3 is 5.69 Å². The minimum atomic E-state index is -0.492. The van der Waals surface area contributed by atoms with Crippen molar-refractivity contribution < 1.29 is 9.72 Å². The molecule has 0 spiro atoms. The van der Waals surface area contributed by atoms with Crippen LogP contribution in [0.15, 0.2) is 22.7 Å². The van der Waals surface area contributed by atoms with Crippen LogP contribution in [0.25, 0.3) is 0 Å². The summed E-state index contributed by atoms with van der Waals surface area (Å²) in [5.41, 5.74) is 1.11. The number of amides is 1. The molecule has 0 radical (unpaired) electrons. The summed E-state index contributed by atoms with van der Waals surface area (Å²) in [6.07, 6.45) is 0. The Labute approximate surface area is 146 Å². The highest BCUT2D eigenvalue weighted by Gasteiger charge is 2.24. The van der Waals surface area contributed by atoms with Gasteiger partial charge in [-0.25, -0.2) is 0 Å². The zero-order valence-electron chi connectivity index (χ0n) is 12.7. The van der Waals surface area contributed by atoms with Crippen molar-refractivity contribution in [2.75, 3.05) is 11.9 Å². The molecular formula is C14H14BrClN4O3. The fourth-order valence-corrected chi connectivity index (χ4v) is 3.03. The van der Waals surface area contributed by atoms with Crippen LogP contribution in [0.4, 0.5) is 11.4 Å². The van der Waals surface area contributed by atoms with Gasteiger partial charge in [0.1, 0.15) is 17.9 Å². The molecular weight excluding hydrogens is 388 g/mol. The predicted molar refractivity (Wildman–Crippen MR) is 90.9 cm³/mol. The van der Waals surface area contributed by atoms with Gasteiger partial charge < -0.3 is 4.90 Å². The minimum Gasteiger partial charge on any atom is -0.312 e. The van der Waals surface area contributed by atoms with Crippen molar-refractivity contribution in [2.45, 2.75) is 20.4 Å². The Kier molecular flexibility index (Phi) is 5.06. The molecule has 1 aromatic carbocycles. The molecule has 0 fully saturated rings. The fraction of sp³-hybridized carbons (Fsp3) is 0.286. The average molecular weight is 402 g/mol. The summed E-state index contributed by atoms with van der Waals surface area (Å²) in [7, 11) is 1.59. The number of likely N-dealkylation sites (N-methyl/N-ethyl adjacent to an activating group) is 1. The number of anilines is 1. The van der Waals surface area contributed by atoms with Crippen LogP contribution >= 0.6 is 27.5 Å². The lowest BCUT2D eigenvalue weighted by Crippen LogP contribution is -2.31. The largest absolute Gasteiger partial charge is 0.312 e. The Morgan fingerprint density at radius 2 is 2.13 bits per heavy atom. The van der Waals surface area contributed by atoms with Gasteiger partial charge in [-0.1, -0.05) is 27.5 Å². The van der Waals surface area contributed by atoms with Crippen LogP contribution in [0.2, 0.25) is 5.02 Å². The van der Waals surface area contributed by atoms with Gasteiger partial charge in [0.15, 0.2) is 0 Å². The summed E-state index contributed by atoms with van der Waals surface area (Å²) >= 11 is 9.44. The lowest BCUT2D eigenvalue weighted by atomic mass is 10.3. The number of carbonyl (C=O) groups excluding carboxylic acids is 1. The van der Waals surface area contributed by atoms with Gasteiger partial charge in [0.2, 0.25) is 5.91 Å². The molecule has 9 heteroatoms. The van der Waals surface area contributed by atoms with E-state index in [-0.39, 0.29) is 23.8 Å². The summed E-state index contributed by atoms with van der Waals surface area (Å²) in [5.74, 6) is -0.283. The van der Waals surface area contributed by atoms with Crippen LogP contribution in [-0.4, -0.2) is 27.7 Å². The number of hydrogen-bond donors (Lipinski definition) is 0. The number of hydrogen-bond acceptors (Lipinski definition) is 4. The lowest BCUT2D eigenvalue weighted by Gasteiger charge is -2.19. The maximum Gasteiger partial charge on any atom is 0.312 e. The third-order valence-corrected chi connectivity index (χ3v) is 4.25. The van der Waals surface area contributed by atoms with Gasteiger partial charge in [0.25, 0.3) is 0 Å². The molecule has 0 bridgehead atoms. The van der Waals surface area contributed by atoms with Crippen molar-refractivity contribution in [3.8, 4) is 0 Å². The second-order valence-corrected chi connectivity index (χ2v) is 6.31. The number of halogens is 2. The lowest BCUT2D eigenvalue weighted by molar-refractivity contribution is -0.386. The smallest absolute Gasteiger partial charge is 0.312 e. The topological polar surface area (TPSA) is 81.3 Å². The van der Waals surface area contributed by atoms with E-state index < -0.39 is 4.92 Å². The van der Waals surface area contributed by atoms with Gasteiger partial charge in [0.05, 0.1) is 15.6 Å². The third kappa shape index (κ3) is 3.53. The number of aromatic nitrogens is 2. The molecule has 1 heterocycles. The molecule has 2 rings (SSSR count). The van der Waals surface area contributed by atoms with Gasteiger partial charge in [-0.3, -0.25) is 19.6 Å². The molecule has 1 aromatic heterocycles. The molecule has 122 valence electrons. The molecule has 0 saturated carbocycles. The Balaban J connectivity index is 2.25. The van der Waals surface area contributed by atoms with Crippen LogP contribution in [0, 0.1) is 24.0 Å². The normalized spacial score (nSPS) is 10.7. The molecule has 1 amide bonds. The maximum absolute atomic E-state index is 12.4. The third-order valence-electron chi connectivity index (χ3n) is 3.46. The van der Waals surface area contributed by atoms with Crippen LogP contribution in [0.3, 0.4) is 0 Å². The second kappa shape index (κ2) is 6.67. The molecule has 0 saturated heterocycles. The van der Waals surface area contributed by atoms with Crippen molar-refractivity contribution in [3.63, 3.8) is 0 Å². The number of nitro groups is 1. The zero-order chi connectivity index (χ0) is 17.3. The second-order valence-electron chi connectivity index (χ2n) is 4.98. The highest BCUT2D eigenvalue weighted by atomic mass is 79.9. The van der Waals surface area contributed by atoms with Crippen LogP contribution in [0.5, 0.6) is 0 Å². The molecule has 0 unspecified atom stereocenters. The molecule has 23 heavy (non-hydrogen) atoms. The Hall–Kier alpha value is -1.93. The number of benzene rings is 1. The summed E-state index contributed by atoms with van der Waals surface area (Å²) in [4.78, 5) is 24.3. The van der Waals surface area contributed by atoms with E-state index in [1.54, 1.807) is 39.1 Å². The summed E-state index contributed by atoms with van der Waals surface area (Å²) in [6.45, 7) is 3.00. The van der Waals surface area contributed by atoms with Crippen molar-refractivity contribution in [1.29, 1.82) is 0 Å². The number of rotatable bonds is 4. The molecule has 7 nitrogen and oxygen atoms in total. The van der Waals surface area contributed by atoms with Crippen LogP contribution in [-0.2, 0) is 11.3 Å². The first-order valence-corrected chi connectivity index (χ1v) is 7.79. The van der Waals surface area contributed by atoms with E-state index in [0.717, 1.165) is 4.47 Å². The first kappa shape index (κ1) is 17.4. The molecule has 0 aliphatic carbocycles. The predicted octanol–water partition coefficient (Wildman–Crippen LogP) is 3.49. The van der Waals surface area contributed by atoms with Crippen molar-refractivity contribution in [1.82, 2.24) is 9.78 Å². The van der Waals surface area contributed by atoms with Crippen LogP contribution < -0.4 is 4.90 Å². The average Bonchev–Trinajstić information content (AvgIpc) is 2.72. The SMILES string of the molecule is Cc1nn(CC(=O)N(C)c2ccc(Br)cc2Cl)c(C)c1[N+](=O)[O-]. The first-order valence-electron chi connectivity index (χ1n) is 6.62. The number of carbonyl (C=O) groups is 1. The van der Waals surface area contributed by atoms with E-state index in [4.69, 9.17) is 11.6 Å². The quantitative estimate of drug-likeness (QED) is 0.580. The number of nitrogens with zero attached hydrogens (tertiary/aromatic N) is 4. The van der Waals surface area contributed by atoms with Gasteiger partial charge in [-0.2, -0.15) is 5.10 Å². The van der Waals surface area contributed by atoms with Gasteiger partial charge in [-0.15, -0.1) is 0 Å². The Morgan fingerprint density at radius 1 is 1.48 bits per heavy atom. The molecule has 0 N–H and O–H groups in total. The zero-order valence-corrected chi connectivity index (χ0v) is 15.1. The van der Waals surface area contributed by atoms with Crippen molar-refractivity contribution in [2.24, 2.45) is 0 Å². The number of aryl methyl sites for hydroxylation is 1. The minimum absolute atomic E-state index is 0.0675. The molecule has 0 aliphatic rings. The van der Waals surface area contributed by atoms with Gasteiger partial charge in [-0.05, 0) is 32.0 Å². The van der Waals surface area contributed by atoms with E-state index in [0.29, 0.717) is 16.4 Å². The standard InChI is InChI=1S/C14H14BrClN4O3/c1-8-14(20(22)23)9(2)19(17-8)7-13(21)18(3)12-5-4-10(15)6-11(12)16/h4-6H,7H2,1-3H3. The van der Waals surface area contributed by atoms with E-state index in [9.17, 15) is 14.9 Å². The molecule has 2 aromatic rings. The summed E-state index contributed by atoms with van der Waals surface area (Å²) < 4.78 is 2.14. The van der Waals surface area contributed by atoms with E-state index in [1.807, 2.05) is 0 Å². The highest BCUT2D eigenvalue weighted by molar-refractivity contribution is 9.10. The van der Waals surface area contributed by atoms with Crippen LogP contribution in [0.1, 0.15) is 11.4 Å². The van der Waals surface area contributed by atoms with Crippen molar-refractivity contribution >= 4 is 44.8 Å². The fourth-order valence-electron chi connectivity index (χ4n) is 2.23.